The van der Waals surface area contributed by atoms with Crippen LogP contribution in [0.25, 0.3) is 0 Å². The van der Waals surface area contributed by atoms with Crippen molar-refractivity contribution >= 4 is 6.29 Å². The molecule has 1 aliphatic carbocycles. The Kier molecular flexibility index (Phi) is 2.40. The van der Waals surface area contributed by atoms with E-state index in [-0.39, 0.29) is 0 Å². The molecule has 0 radical (unpaired) electrons. The zero-order valence-corrected chi connectivity index (χ0v) is 8.71. The van der Waals surface area contributed by atoms with E-state index in [2.05, 4.69) is 24.0 Å². The van der Waals surface area contributed by atoms with Crippen LogP contribution < -0.4 is 0 Å². The van der Waals surface area contributed by atoms with Crippen LogP contribution in [0.15, 0.2) is 0 Å². The van der Waals surface area contributed by atoms with Crippen LogP contribution in [0.3, 0.4) is 0 Å². The predicted octanol–water partition coefficient (Wildman–Crippen LogP) is 2.61. The highest BCUT2D eigenvalue weighted by Gasteiger charge is 2.26. The molecule has 0 bridgehead atoms. The summed E-state index contributed by atoms with van der Waals surface area (Å²) in [5.74, 6) is 0.871. The van der Waals surface area contributed by atoms with Gasteiger partial charge >= 0.3 is 0 Å². The molecule has 76 valence electrons. The Balaban J connectivity index is 2.35. The van der Waals surface area contributed by atoms with Crippen LogP contribution in [-0.2, 0) is 0 Å². The SMILES string of the molecule is CC(C)c1n[nH]c(C2CCC2)c1C=O. The molecule has 0 unspecified atom stereocenters. The molecule has 0 atom stereocenters. The fraction of sp³-hybridized carbons (Fsp3) is 0.636. The highest BCUT2D eigenvalue weighted by atomic mass is 16.1. The van der Waals surface area contributed by atoms with Gasteiger partial charge in [0, 0.05) is 11.6 Å². The molecule has 1 aliphatic rings. The largest absolute Gasteiger partial charge is 0.298 e. The van der Waals surface area contributed by atoms with Gasteiger partial charge in [0.1, 0.15) is 0 Å². The molecular formula is C11H16N2O. The third kappa shape index (κ3) is 1.37. The lowest BCUT2D eigenvalue weighted by molar-refractivity contribution is 0.112. The number of nitrogens with one attached hydrogen (secondary N) is 1. The molecule has 2 rings (SSSR count). The molecule has 0 amide bonds. The van der Waals surface area contributed by atoms with Crippen molar-refractivity contribution < 1.29 is 4.79 Å². The molecule has 1 aromatic heterocycles. The van der Waals surface area contributed by atoms with Gasteiger partial charge in [0.15, 0.2) is 6.29 Å². The average molecular weight is 192 g/mol. The number of aromatic amines is 1. The summed E-state index contributed by atoms with van der Waals surface area (Å²) in [6, 6.07) is 0. The van der Waals surface area contributed by atoms with Crippen molar-refractivity contribution in [3.05, 3.63) is 17.0 Å². The van der Waals surface area contributed by atoms with E-state index >= 15 is 0 Å². The zero-order valence-electron chi connectivity index (χ0n) is 8.71. The first-order valence-electron chi connectivity index (χ1n) is 5.27. The van der Waals surface area contributed by atoms with Crippen molar-refractivity contribution in [2.45, 2.75) is 44.9 Å². The third-order valence-electron chi connectivity index (χ3n) is 3.04. The van der Waals surface area contributed by atoms with Crippen LogP contribution in [0.4, 0.5) is 0 Å². The molecule has 1 fully saturated rings. The fourth-order valence-corrected chi connectivity index (χ4v) is 1.95. The Morgan fingerprint density at radius 2 is 2.21 bits per heavy atom. The number of hydrogen-bond donors (Lipinski definition) is 1. The maximum atomic E-state index is 11.0. The second-order valence-corrected chi connectivity index (χ2v) is 4.34. The van der Waals surface area contributed by atoms with Crippen molar-refractivity contribution in [1.29, 1.82) is 0 Å². The lowest BCUT2D eigenvalue weighted by Gasteiger charge is -2.24. The first-order valence-corrected chi connectivity index (χ1v) is 5.27. The van der Waals surface area contributed by atoms with E-state index in [0.717, 1.165) is 23.2 Å². The maximum absolute atomic E-state index is 11.0. The normalized spacial score (nSPS) is 17.1. The van der Waals surface area contributed by atoms with Gasteiger partial charge in [-0.15, -0.1) is 0 Å². The third-order valence-corrected chi connectivity index (χ3v) is 3.04. The molecule has 1 aromatic rings. The van der Waals surface area contributed by atoms with E-state index in [1.807, 2.05) is 0 Å². The second-order valence-electron chi connectivity index (χ2n) is 4.34. The highest BCUT2D eigenvalue weighted by molar-refractivity contribution is 5.79. The summed E-state index contributed by atoms with van der Waals surface area (Å²) in [5.41, 5.74) is 2.79. The molecule has 14 heavy (non-hydrogen) atoms. The average Bonchev–Trinajstić information content (AvgIpc) is 2.44. The highest BCUT2D eigenvalue weighted by Crippen LogP contribution is 2.37. The van der Waals surface area contributed by atoms with E-state index in [0.29, 0.717) is 11.8 Å². The Hall–Kier alpha value is -1.12. The molecule has 0 saturated heterocycles. The van der Waals surface area contributed by atoms with E-state index in [1.165, 1.54) is 19.3 Å². The number of nitrogens with zero attached hydrogens (tertiary/aromatic N) is 1. The van der Waals surface area contributed by atoms with Gasteiger partial charge in [-0.3, -0.25) is 9.89 Å². The number of rotatable bonds is 3. The number of aldehydes is 1. The monoisotopic (exact) mass is 192 g/mol. The van der Waals surface area contributed by atoms with Gasteiger partial charge in [0.05, 0.1) is 11.3 Å². The van der Waals surface area contributed by atoms with Gasteiger partial charge in [-0.1, -0.05) is 20.3 Å². The number of H-pyrrole nitrogens is 1. The summed E-state index contributed by atoms with van der Waals surface area (Å²) in [4.78, 5) is 11.0. The fourth-order valence-electron chi connectivity index (χ4n) is 1.95. The van der Waals surface area contributed by atoms with Crippen molar-refractivity contribution in [2.24, 2.45) is 0 Å². The summed E-state index contributed by atoms with van der Waals surface area (Å²) in [6.07, 6.45) is 4.62. The van der Waals surface area contributed by atoms with Gasteiger partial charge in [-0.25, -0.2) is 0 Å². The van der Waals surface area contributed by atoms with Crippen molar-refractivity contribution in [3.8, 4) is 0 Å². The Morgan fingerprint density at radius 3 is 2.64 bits per heavy atom. The minimum atomic E-state index is 0.320. The van der Waals surface area contributed by atoms with Crippen LogP contribution in [0, 0.1) is 0 Å². The van der Waals surface area contributed by atoms with Crippen LogP contribution >= 0.6 is 0 Å². The quantitative estimate of drug-likeness (QED) is 0.748. The van der Waals surface area contributed by atoms with E-state index < -0.39 is 0 Å². The van der Waals surface area contributed by atoms with E-state index in [1.54, 1.807) is 0 Å². The summed E-state index contributed by atoms with van der Waals surface area (Å²) < 4.78 is 0. The standard InChI is InChI=1S/C11H16N2O/c1-7(2)10-9(6-14)11(13-12-10)8-4-3-5-8/h6-8H,3-5H2,1-2H3,(H,12,13). The van der Waals surface area contributed by atoms with Crippen molar-refractivity contribution in [3.63, 3.8) is 0 Å². The molecular weight excluding hydrogens is 176 g/mol. The zero-order chi connectivity index (χ0) is 10.1. The van der Waals surface area contributed by atoms with Gasteiger partial charge in [0.2, 0.25) is 0 Å². The molecule has 1 N–H and O–H groups in total. The van der Waals surface area contributed by atoms with Gasteiger partial charge < -0.3 is 0 Å². The Morgan fingerprint density at radius 1 is 1.50 bits per heavy atom. The number of aromatic nitrogens is 2. The predicted molar refractivity (Wildman–Crippen MR) is 54.7 cm³/mol. The summed E-state index contributed by atoms with van der Waals surface area (Å²) >= 11 is 0. The summed E-state index contributed by atoms with van der Waals surface area (Å²) in [5, 5.41) is 7.26. The molecule has 1 heterocycles. The summed E-state index contributed by atoms with van der Waals surface area (Å²) in [6.45, 7) is 4.13. The lowest BCUT2D eigenvalue weighted by atomic mass is 9.81. The van der Waals surface area contributed by atoms with Crippen LogP contribution in [0.1, 0.15) is 66.7 Å². The Bertz CT molecular complexity index is 337. The second kappa shape index (κ2) is 3.56. The minimum Gasteiger partial charge on any atom is -0.298 e. The number of hydrogen-bond acceptors (Lipinski definition) is 2. The molecule has 3 heteroatoms. The van der Waals surface area contributed by atoms with Crippen LogP contribution in [-0.4, -0.2) is 16.5 Å². The van der Waals surface area contributed by atoms with E-state index in [9.17, 15) is 4.79 Å². The molecule has 0 aromatic carbocycles. The van der Waals surface area contributed by atoms with E-state index in [4.69, 9.17) is 0 Å². The van der Waals surface area contributed by atoms with Gasteiger partial charge in [0.25, 0.3) is 0 Å². The van der Waals surface area contributed by atoms with Gasteiger partial charge in [-0.05, 0) is 18.8 Å². The smallest absolute Gasteiger partial charge is 0.153 e. The van der Waals surface area contributed by atoms with Crippen molar-refractivity contribution in [1.82, 2.24) is 10.2 Å². The first kappa shape index (κ1) is 9.44. The van der Waals surface area contributed by atoms with Gasteiger partial charge in [-0.2, -0.15) is 5.10 Å². The first-order chi connectivity index (χ1) is 6.74. The molecule has 1 saturated carbocycles. The Labute approximate surface area is 83.9 Å². The van der Waals surface area contributed by atoms with Crippen LogP contribution in [0.2, 0.25) is 0 Å². The maximum Gasteiger partial charge on any atom is 0.153 e. The lowest BCUT2D eigenvalue weighted by Crippen LogP contribution is -2.11. The van der Waals surface area contributed by atoms with Crippen LogP contribution in [0.5, 0.6) is 0 Å². The minimum absolute atomic E-state index is 0.320. The number of carbonyl (C=O) groups excluding carboxylic acids is 1. The van der Waals surface area contributed by atoms with Crippen molar-refractivity contribution in [2.75, 3.05) is 0 Å². The molecule has 3 nitrogen and oxygen atoms in total. The molecule has 0 aliphatic heterocycles. The topological polar surface area (TPSA) is 45.8 Å². The molecule has 0 spiro atoms. The summed E-state index contributed by atoms with van der Waals surface area (Å²) in [7, 11) is 0. The number of carbonyl (C=O) groups is 1.